The van der Waals surface area contributed by atoms with E-state index in [1.807, 2.05) is 30.3 Å². The van der Waals surface area contributed by atoms with Crippen molar-refractivity contribution in [2.45, 2.75) is 13.5 Å². The second-order valence-corrected chi connectivity index (χ2v) is 6.57. The Morgan fingerprint density at radius 2 is 1.93 bits per heavy atom. The molecule has 0 unspecified atom stereocenters. The van der Waals surface area contributed by atoms with E-state index in [9.17, 15) is 19.7 Å². The van der Waals surface area contributed by atoms with Crippen molar-refractivity contribution in [1.29, 1.82) is 0 Å². The molecule has 0 radical (unpaired) electrons. The summed E-state index contributed by atoms with van der Waals surface area (Å²) in [5, 5.41) is 11.8. The Hall–Kier alpha value is -3.75. The maximum absolute atomic E-state index is 12.8. The summed E-state index contributed by atoms with van der Waals surface area (Å²) in [5.74, 6) is -1.12. The molecule has 0 aliphatic rings. The highest BCUT2D eigenvalue weighted by molar-refractivity contribution is 5.73. The first kappa shape index (κ1) is 20.0. The summed E-state index contributed by atoms with van der Waals surface area (Å²) in [5.41, 5.74) is -0.281. The molecule has 0 bridgehead atoms. The number of hydrogen-bond acceptors (Lipinski definition) is 7. The van der Waals surface area contributed by atoms with Gasteiger partial charge in [-0.05, 0) is 17.7 Å². The molecule has 0 aliphatic carbocycles. The van der Waals surface area contributed by atoms with E-state index in [-0.39, 0.29) is 24.6 Å². The highest BCUT2D eigenvalue weighted by atomic mass is 16.6. The Balaban J connectivity index is 2.16. The number of fused-ring (bicyclic) bond motifs is 1. The molecule has 1 aromatic carbocycles. The molecule has 150 valence electrons. The fourth-order valence-corrected chi connectivity index (χ4v) is 3.08. The van der Waals surface area contributed by atoms with Gasteiger partial charge in [0.1, 0.15) is 5.65 Å². The van der Waals surface area contributed by atoms with Crippen LogP contribution in [0.15, 0.2) is 59.5 Å². The van der Waals surface area contributed by atoms with Crippen LogP contribution in [0, 0.1) is 16.0 Å². The third kappa shape index (κ3) is 4.23. The highest BCUT2D eigenvalue weighted by Crippen LogP contribution is 2.26. The van der Waals surface area contributed by atoms with Crippen LogP contribution < -0.4 is 10.5 Å². The highest BCUT2D eigenvalue weighted by Gasteiger charge is 2.30. The van der Waals surface area contributed by atoms with Gasteiger partial charge in [-0.1, -0.05) is 43.3 Å². The second-order valence-electron chi connectivity index (χ2n) is 6.57. The number of benzene rings is 1. The van der Waals surface area contributed by atoms with Crippen LogP contribution in [0.1, 0.15) is 12.5 Å². The molecule has 9 nitrogen and oxygen atoms in total. The Morgan fingerprint density at radius 3 is 2.59 bits per heavy atom. The molecule has 0 aliphatic heterocycles. The standard InChI is InChI=1S/C20H20N4O5/c1-14(20(26)29-2)12-22(13-15-8-4-3-5-9-15)18-17(24(27)28)19(25)23-11-7-6-10-16(23)21-18/h3-11,14H,12-13H2,1-2H3/t14-/m1/s1. The van der Waals surface area contributed by atoms with Gasteiger partial charge in [-0.15, -0.1) is 0 Å². The summed E-state index contributed by atoms with van der Waals surface area (Å²) in [6, 6.07) is 14.1. The first-order valence-corrected chi connectivity index (χ1v) is 8.95. The zero-order valence-corrected chi connectivity index (χ0v) is 16.0. The molecule has 0 amide bonds. The van der Waals surface area contributed by atoms with Crippen molar-refractivity contribution in [3.8, 4) is 0 Å². The maximum Gasteiger partial charge on any atom is 0.376 e. The molecular formula is C20H20N4O5. The van der Waals surface area contributed by atoms with Crippen molar-refractivity contribution in [2.75, 3.05) is 18.6 Å². The van der Waals surface area contributed by atoms with Crippen molar-refractivity contribution < 1.29 is 14.5 Å². The predicted molar refractivity (Wildman–Crippen MR) is 107 cm³/mol. The van der Waals surface area contributed by atoms with Crippen molar-refractivity contribution in [3.63, 3.8) is 0 Å². The molecule has 0 spiro atoms. The number of methoxy groups -OCH3 is 1. The van der Waals surface area contributed by atoms with Gasteiger partial charge in [-0.2, -0.15) is 0 Å². The van der Waals surface area contributed by atoms with Gasteiger partial charge in [0.15, 0.2) is 0 Å². The van der Waals surface area contributed by atoms with Crippen molar-refractivity contribution in [3.05, 3.63) is 80.8 Å². The van der Waals surface area contributed by atoms with Gasteiger partial charge in [0.25, 0.3) is 0 Å². The maximum atomic E-state index is 12.8. The van der Waals surface area contributed by atoms with Gasteiger partial charge >= 0.3 is 17.2 Å². The number of nitro groups is 1. The first-order valence-electron chi connectivity index (χ1n) is 8.95. The van der Waals surface area contributed by atoms with Gasteiger partial charge < -0.3 is 9.64 Å². The van der Waals surface area contributed by atoms with Gasteiger partial charge in [-0.25, -0.2) is 4.98 Å². The zero-order chi connectivity index (χ0) is 21.0. The van der Waals surface area contributed by atoms with Crippen molar-refractivity contribution >= 4 is 23.1 Å². The number of carbonyl (C=O) groups is 1. The van der Waals surface area contributed by atoms with E-state index in [0.29, 0.717) is 0 Å². The summed E-state index contributed by atoms with van der Waals surface area (Å²) < 4.78 is 5.92. The Morgan fingerprint density at radius 1 is 1.24 bits per heavy atom. The van der Waals surface area contributed by atoms with E-state index in [0.717, 1.165) is 9.96 Å². The van der Waals surface area contributed by atoms with Crippen molar-refractivity contribution in [2.24, 2.45) is 5.92 Å². The van der Waals surface area contributed by atoms with Crippen molar-refractivity contribution in [1.82, 2.24) is 9.38 Å². The first-order chi connectivity index (χ1) is 13.9. The molecule has 0 saturated carbocycles. The van der Waals surface area contributed by atoms with Crippen LogP contribution in [0.25, 0.3) is 5.65 Å². The topological polar surface area (TPSA) is 107 Å². The molecule has 0 saturated heterocycles. The van der Waals surface area contributed by atoms with Crippen LogP contribution in [0.3, 0.4) is 0 Å². The van der Waals surface area contributed by atoms with Crippen LogP contribution in [0.2, 0.25) is 0 Å². The molecule has 1 atom stereocenters. The fourth-order valence-electron chi connectivity index (χ4n) is 3.08. The summed E-state index contributed by atoms with van der Waals surface area (Å²) in [6.07, 6.45) is 1.43. The van der Waals surface area contributed by atoms with E-state index in [2.05, 4.69) is 4.98 Å². The minimum absolute atomic E-state index is 0.0780. The van der Waals surface area contributed by atoms with Crippen LogP contribution in [-0.2, 0) is 16.1 Å². The van der Waals surface area contributed by atoms with E-state index in [1.54, 1.807) is 30.0 Å². The zero-order valence-electron chi connectivity index (χ0n) is 16.0. The monoisotopic (exact) mass is 396 g/mol. The number of carbonyl (C=O) groups excluding carboxylic acids is 1. The van der Waals surface area contributed by atoms with Gasteiger partial charge in [-0.3, -0.25) is 24.1 Å². The van der Waals surface area contributed by atoms with E-state index in [4.69, 9.17) is 4.74 Å². The molecule has 2 heterocycles. The summed E-state index contributed by atoms with van der Waals surface area (Å²) in [4.78, 5) is 41.7. The molecule has 9 heteroatoms. The molecule has 0 N–H and O–H groups in total. The SMILES string of the molecule is COC(=O)[C@H](C)CN(Cc1ccccc1)c1nc2ccccn2c(=O)c1[N+](=O)[O-]. The summed E-state index contributed by atoms with van der Waals surface area (Å²) in [6.45, 7) is 1.99. The lowest BCUT2D eigenvalue weighted by atomic mass is 10.1. The fraction of sp³-hybridized carbons (Fsp3) is 0.250. The van der Waals surface area contributed by atoms with Crippen LogP contribution >= 0.6 is 0 Å². The largest absolute Gasteiger partial charge is 0.469 e. The molecule has 2 aromatic heterocycles. The van der Waals surface area contributed by atoms with E-state index < -0.39 is 28.1 Å². The van der Waals surface area contributed by atoms with Gasteiger partial charge in [0, 0.05) is 19.3 Å². The number of rotatable bonds is 7. The van der Waals surface area contributed by atoms with Gasteiger partial charge in [0.05, 0.1) is 18.0 Å². The van der Waals surface area contributed by atoms with Crippen LogP contribution in [0.5, 0.6) is 0 Å². The molecule has 29 heavy (non-hydrogen) atoms. The number of hydrogen-bond donors (Lipinski definition) is 0. The normalized spacial score (nSPS) is 11.8. The predicted octanol–water partition coefficient (Wildman–Crippen LogP) is 2.42. The molecular weight excluding hydrogens is 376 g/mol. The number of esters is 1. The Bertz CT molecular complexity index is 1100. The average molecular weight is 396 g/mol. The minimum atomic E-state index is -0.778. The van der Waals surface area contributed by atoms with Gasteiger partial charge in [0.2, 0.25) is 5.82 Å². The Labute approximate surface area is 166 Å². The summed E-state index contributed by atoms with van der Waals surface area (Å²) in [7, 11) is 1.28. The third-order valence-electron chi connectivity index (χ3n) is 4.49. The Kier molecular flexibility index (Phi) is 5.87. The quantitative estimate of drug-likeness (QED) is 0.343. The number of pyridine rings is 1. The lowest BCUT2D eigenvalue weighted by Gasteiger charge is -2.26. The lowest BCUT2D eigenvalue weighted by Crippen LogP contribution is -2.35. The number of aromatic nitrogens is 2. The molecule has 3 aromatic rings. The number of nitrogens with zero attached hydrogens (tertiary/aromatic N) is 4. The number of anilines is 1. The molecule has 3 rings (SSSR count). The molecule has 0 fully saturated rings. The number of ether oxygens (including phenoxy) is 1. The van der Waals surface area contributed by atoms with Crippen LogP contribution in [-0.4, -0.2) is 33.9 Å². The van der Waals surface area contributed by atoms with E-state index >= 15 is 0 Å². The van der Waals surface area contributed by atoms with E-state index in [1.165, 1.54) is 13.3 Å². The third-order valence-corrected chi connectivity index (χ3v) is 4.49. The average Bonchev–Trinajstić information content (AvgIpc) is 2.73. The summed E-state index contributed by atoms with van der Waals surface area (Å²) >= 11 is 0. The van der Waals surface area contributed by atoms with Crippen LogP contribution in [0.4, 0.5) is 11.5 Å². The second kappa shape index (κ2) is 8.51. The lowest BCUT2D eigenvalue weighted by molar-refractivity contribution is -0.385. The minimum Gasteiger partial charge on any atom is -0.469 e. The smallest absolute Gasteiger partial charge is 0.376 e.